The zero-order valence-electron chi connectivity index (χ0n) is 7.87. The third-order valence-electron chi connectivity index (χ3n) is 1.39. The largest absolute Gasteiger partial charge is 0.497 e. The van der Waals surface area contributed by atoms with Crippen molar-refractivity contribution < 1.29 is 4.74 Å². The molecule has 0 bridgehead atoms. The van der Waals surface area contributed by atoms with Crippen LogP contribution < -0.4 is 4.74 Å². The molecule has 4 heteroatoms. The first-order chi connectivity index (χ1) is 6.93. The fourth-order valence-electron chi connectivity index (χ4n) is 0.761. The van der Waals surface area contributed by atoms with Crippen molar-refractivity contribution in [2.24, 2.45) is 0 Å². The molecular formula is C10H11N3O. The molecule has 2 aromatic rings. The third-order valence-corrected chi connectivity index (χ3v) is 1.39. The second-order valence-corrected chi connectivity index (χ2v) is 2.33. The highest BCUT2D eigenvalue weighted by Gasteiger charge is 1.80. The lowest BCUT2D eigenvalue weighted by Crippen LogP contribution is -1.78. The van der Waals surface area contributed by atoms with E-state index in [1.165, 1.54) is 0 Å². The van der Waals surface area contributed by atoms with Gasteiger partial charge in [-0.1, -0.05) is 18.2 Å². The molecule has 72 valence electrons. The molecule has 4 nitrogen and oxygen atoms in total. The molecule has 0 N–H and O–H groups in total. The van der Waals surface area contributed by atoms with Crippen LogP contribution in [0.15, 0.2) is 48.8 Å². The summed E-state index contributed by atoms with van der Waals surface area (Å²) in [5, 5.41) is 10.1. The van der Waals surface area contributed by atoms with Gasteiger partial charge in [-0.2, -0.15) is 0 Å². The zero-order chi connectivity index (χ0) is 10.1. The number of methoxy groups -OCH3 is 1. The van der Waals surface area contributed by atoms with Crippen LogP contribution in [-0.2, 0) is 0 Å². The van der Waals surface area contributed by atoms with Crippen LogP contribution in [0.2, 0.25) is 0 Å². The lowest BCUT2D eigenvalue weighted by Gasteiger charge is -1.93. The van der Waals surface area contributed by atoms with Crippen molar-refractivity contribution in [3.63, 3.8) is 0 Å². The summed E-state index contributed by atoms with van der Waals surface area (Å²) in [6.07, 6.45) is 3.15. The Bertz CT molecular complexity index is 299. The van der Waals surface area contributed by atoms with Gasteiger partial charge in [0.25, 0.3) is 0 Å². The summed E-state index contributed by atoms with van der Waals surface area (Å²) in [6, 6.07) is 11.4. The van der Waals surface area contributed by atoms with Crippen molar-refractivity contribution in [3.8, 4) is 5.75 Å². The van der Waals surface area contributed by atoms with Crippen molar-refractivity contribution >= 4 is 0 Å². The summed E-state index contributed by atoms with van der Waals surface area (Å²) in [5.74, 6) is 0.910. The average molecular weight is 189 g/mol. The topological polar surface area (TPSA) is 47.9 Å². The fourth-order valence-corrected chi connectivity index (χ4v) is 0.761. The minimum absolute atomic E-state index is 0.910. The molecule has 0 saturated heterocycles. The predicted octanol–water partition coefficient (Wildman–Crippen LogP) is 1.57. The van der Waals surface area contributed by atoms with Gasteiger partial charge >= 0.3 is 0 Å². The van der Waals surface area contributed by atoms with Crippen molar-refractivity contribution in [2.75, 3.05) is 7.11 Å². The predicted molar refractivity (Wildman–Crippen MR) is 52.8 cm³/mol. The minimum Gasteiger partial charge on any atom is -0.497 e. The van der Waals surface area contributed by atoms with E-state index in [-0.39, 0.29) is 0 Å². The molecule has 0 fully saturated rings. The van der Waals surface area contributed by atoms with E-state index in [1.54, 1.807) is 25.6 Å². The monoisotopic (exact) mass is 189 g/mol. The maximum absolute atomic E-state index is 4.91. The van der Waals surface area contributed by atoms with E-state index in [0.29, 0.717) is 0 Å². The van der Waals surface area contributed by atoms with Gasteiger partial charge in [-0.3, -0.25) is 0 Å². The molecule has 1 aromatic heterocycles. The Hall–Kier alpha value is -1.97. The van der Waals surface area contributed by atoms with Gasteiger partial charge in [0.15, 0.2) is 0 Å². The second-order valence-electron chi connectivity index (χ2n) is 2.33. The minimum atomic E-state index is 0.910. The summed E-state index contributed by atoms with van der Waals surface area (Å²) in [5.41, 5.74) is 0. The molecule has 0 aliphatic heterocycles. The number of hydrogen-bond acceptors (Lipinski definition) is 4. The molecular weight excluding hydrogens is 178 g/mol. The number of para-hydroxylation sites is 1. The fraction of sp³-hybridized carbons (Fsp3) is 0.100. The zero-order valence-corrected chi connectivity index (χ0v) is 7.87. The Morgan fingerprint density at radius 1 is 0.929 bits per heavy atom. The van der Waals surface area contributed by atoms with Crippen LogP contribution in [0.3, 0.4) is 0 Å². The molecule has 14 heavy (non-hydrogen) atoms. The van der Waals surface area contributed by atoms with Crippen LogP contribution in [0.25, 0.3) is 0 Å². The molecule has 2 rings (SSSR count). The standard InChI is InChI=1S/C7H8O.C3H3N3/c1-8-7-5-3-2-4-6-7;1-2-4-6-5-3-1/h2-6H,1H3;1-3H. The number of nitrogens with zero attached hydrogens (tertiary/aromatic N) is 3. The SMILES string of the molecule is COc1ccccc1.c1cnnnc1. The van der Waals surface area contributed by atoms with E-state index in [4.69, 9.17) is 4.74 Å². The van der Waals surface area contributed by atoms with Gasteiger partial charge in [-0.05, 0) is 23.4 Å². The summed E-state index contributed by atoms with van der Waals surface area (Å²) < 4.78 is 4.91. The van der Waals surface area contributed by atoms with Crippen molar-refractivity contribution in [3.05, 3.63) is 48.8 Å². The van der Waals surface area contributed by atoms with Crippen LogP contribution >= 0.6 is 0 Å². The molecule has 0 saturated carbocycles. The van der Waals surface area contributed by atoms with Crippen molar-refractivity contribution in [1.29, 1.82) is 0 Å². The van der Waals surface area contributed by atoms with E-state index in [2.05, 4.69) is 15.4 Å². The molecule has 1 aromatic carbocycles. The summed E-state index contributed by atoms with van der Waals surface area (Å²) in [4.78, 5) is 0. The molecule has 0 aliphatic rings. The Kier molecular flexibility index (Phi) is 4.72. The van der Waals surface area contributed by atoms with Gasteiger partial charge in [-0.15, -0.1) is 10.2 Å². The number of ether oxygens (including phenoxy) is 1. The van der Waals surface area contributed by atoms with Gasteiger partial charge in [0.2, 0.25) is 0 Å². The summed E-state index contributed by atoms with van der Waals surface area (Å²) in [7, 11) is 1.66. The average Bonchev–Trinajstić information content (AvgIpc) is 2.33. The first kappa shape index (κ1) is 10.1. The molecule has 0 aliphatic carbocycles. The van der Waals surface area contributed by atoms with E-state index in [9.17, 15) is 0 Å². The molecule has 0 radical (unpaired) electrons. The van der Waals surface area contributed by atoms with E-state index < -0.39 is 0 Å². The summed E-state index contributed by atoms with van der Waals surface area (Å²) >= 11 is 0. The molecule has 1 heterocycles. The van der Waals surface area contributed by atoms with E-state index in [0.717, 1.165) is 5.75 Å². The summed E-state index contributed by atoms with van der Waals surface area (Å²) in [6.45, 7) is 0. The van der Waals surface area contributed by atoms with Gasteiger partial charge in [0.1, 0.15) is 5.75 Å². The maximum Gasteiger partial charge on any atom is 0.118 e. The first-order valence-electron chi connectivity index (χ1n) is 4.11. The Labute approximate surface area is 82.6 Å². The quantitative estimate of drug-likeness (QED) is 0.683. The Morgan fingerprint density at radius 3 is 1.86 bits per heavy atom. The highest BCUT2D eigenvalue weighted by Crippen LogP contribution is 2.05. The normalized spacial score (nSPS) is 8.36. The van der Waals surface area contributed by atoms with Crippen LogP contribution in [0, 0.1) is 0 Å². The third kappa shape index (κ3) is 4.15. The Morgan fingerprint density at radius 2 is 1.57 bits per heavy atom. The molecule has 0 atom stereocenters. The molecule has 0 unspecified atom stereocenters. The number of benzene rings is 1. The van der Waals surface area contributed by atoms with Gasteiger partial charge in [0, 0.05) is 0 Å². The second kappa shape index (κ2) is 6.54. The van der Waals surface area contributed by atoms with Crippen LogP contribution in [0.1, 0.15) is 0 Å². The maximum atomic E-state index is 4.91. The molecule has 0 amide bonds. The van der Waals surface area contributed by atoms with Gasteiger partial charge in [-0.25, -0.2) is 0 Å². The number of aromatic nitrogens is 3. The van der Waals surface area contributed by atoms with Gasteiger partial charge in [0.05, 0.1) is 19.5 Å². The van der Waals surface area contributed by atoms with Crippen molar-refractivity contribution in [2.45, 2.75) is 0 Å². The van der Waals surface area contributed by atoms with E-state index >= 15 is 0 Å². The van der Waals surface area contributed by atoms with Gasteiger partial charge < -0.3 is 4.74 Å². The molecule has 0 spiro atoms. The van der Waals surface area contributed by atoms with E-state index in [1.807, 2.05) is 30.3 Å². The number of rotatable bonds is 1. The smallest absolute Gasteiger partial charge is 0.118 e. The van der Waals surface area contributed by atoms with Crippen LogP contribution in [0.4, 0.5) is 0 Å². The van der Waals surface area contributed by atoms with Crippen LogP contribution in [-0.4, -0.2) is 22.5 Å². The highest BCUT2D eigenvalue weighted by molar-refractivity contribution is 5.20. The first-order valence-corrected chi connectivity index (χ1v) is 4.11. The van der Waals surface area contributed by atoms with Crippen molar-refractivity contribution in [1.82, 2.24) is 15.4 Å². The lowest BCUT2D eigenvalue weighted by molar-refractivity contribution is 0.415. The highest BCUT2D eigenvalue weighted by atomic mass is 16.5. The lowest BCUT2D eigenvalue weighted by atomic mass is 10.3. The Balaban J connectivity index is 0.000000146. The van der Waals surface area contributed by atoms with Crippen LogP contribution in [0.5, 0.6) is 5.75 Å². The number of hydrogen-bond donors (Lipinski definition) is 0.